The fourth-order valence-corrected chi connectivity index (χ4v) is 18.7. The van der Waals surface area contributed by atoms with Gasteiger partial charge in [-0.1, -0.05) is 170 Å². The number of aromatic carboxylic acids is 2. The second-order valence-corrected chi connectivity index (χ2v) is 36.1. The zero-order chi connectivity index (χ0) is 107. The molecule has 143 heavy (non-hydrogen) atoms. The average Bonchev–Trinajstić information content (AvgIpc) is 1.61. The smallest absolute Gasteiger partial charge is 0.651 e. The number of allylic oxidation sites excluding steroid dienone is 10. The number of carbonyl (C=O) groups is 5. The summed E-state index contributed by atoms with van der Waals surface area (Å²) >= 11 is 26.7. The van der Waals surface area contributed by atoms with Crippen LogP contribution in [0.15, 0.2) is 91.4 Å². The quantitative estimate of drug-likeness (QED) is 0.0118. The number of aryl methyl sites for hydroxylation is 4. The topological polar surface area (TPSA) is 478 Å². The van der Waals surface area contributed by atoms with Crippen LogP contribution in [0, 0.1) is 48.5 Å². The summed E-state index contributed by atoms with van der Waals surface area (Å²) in [7, 11) is -1.00. The number of aliphatic carboxylic acids is 3. The number of aliphatic hydroxyl groups is 2. The maximum Gasteiger partial charge on any atom is 2.00 e. The van der Waals surface area contributed by atoms with Gasteiger partial charge in [-0.3, -0.25) is 33.7 Å². The predicted molar refractivity (Wildman–Crippen MR) is 598 cm³/mol. The Kier molecular flexibility index (Phi) is 66.5. The van der Waals surface area contributed by atoms with Crippen LogP contribution in [-0.2, 0) is 117 Å². The van der Waals surface area contributed by atoms with Gasteiger partial charge in [-0.25, -0.2) is 24.6 Å². The molecule has 8 aromatic heterocycles. The van der Waals surface area contributed by atoms with Crippen LogP contribution in [0.5, 0.6) is 0 Å². The molecular formula is C101H135Br8Cu3FN17NaO12. The molecule has 0 aromatic carbocycles. The van der Waals surface area contributed by atoms with Crippen molar-refractivity contribution < 1.29 is 151 Å². The molecule has 5 aliphatic heterocycles. The molecule has 3 radical (unpaired) electrons. The van der Waals surface area contributed by atoms with Gasteiger partial charge < -0.3 is 91.7 Å². The molecule has 0 spiro atoms. The molecule has 13 rings (SSSR count). The van der Waals surface area contributed by atoms with Gasteiger partial charge in [0.2, 0.25) is 0 Å². The number of rotatable bonds is 19. The molecule has 0 fully saturated rings. The third-order valence-corrected chi connectivity index (χ3v) is 27.5. The molecule has 0 amide bonds. The van der Waals surface area contributed by atoms with E-state index in [1.165, 1.54) is 101 Å². The Morgan fingerprint density at radius 2 is 0.699 bits per heavy atom. The maximum absolute atomic E-state index is 11.3. The van der Waals surface area contributed by atoms with Crippen molar-refractivity contribution in [1.29, 1.82) is 0 Å². The minimum atomic E-state index is -1.17. The van der Waals surface area contributed by atoms with Crippen molar-refractivity contribution in [3.63, 3.8) is 0 Å². The number of fused-ring (bicyclic) bond motifs is 8. The SMILES string of the molecule is BrBr.CC(=O)O.CC(=O)O.CC(=O)O.CC(O)O.CCC1=C(C)C(Br)=N/C1=C\c1[n-]c(Br)c(C)c1CC.CCC1=C(C)C(Br)=N/C1=C\c1[n-]c(Br)c(C)c1CC.CCC1=C(C)C(Br)=N/C1=C\c1[nH]c(Br)c(C)c1CC.CCC1=C(C)c2nc1cc1[n-]c(nc3nc(cc4[n-]c(n2)c(C)c4CC)C(CC)=C3C)c(C)c1CC.CCc1c(Cc2[nH]c(C(=O)O)c(C)c2CC)[nH]c(C(=O)O)c1C.[2H]CF.[Cu+2].[Cu+2].[Cu].[HH].[HH].[HH].[N-]=[N+]=[N-].[Na+]. The summed E-state index contributed by atoms with van der Waals surface area (Å²) in [5.74, 6) is -2.98. The van der Waals surface area contributed by atoms with Crippen LogP contribution < -0.4 is 49.5 Å². The van der Waals surface area contributed by atoms with Crippen LogP contribution in [0.25, 0.3) is 78.8 Å². The van der Waals surface area contributed by atoms with E-state index in [2.05, 4.69) is 333 Å². The van der Waals surface area contributed by atoms with Crippen molar-refractivity contribution in [1.82, 2.24) is 54.8 Å². The second kappa shape index (κ2) is 68.8. The molecular weight excluding hydrogens is 2520 g/mol. The number of carboxylic acids is 5. The Morgan fingerprint density at radius 1 is 0.434 bits per heavy atom. The van der Waals surface area contributed by atoms with Crippen molar-refractivity contribution >= 4 is 230 Å². The van der Waals surface area contributed by atoms with Crippen molar-refractivity contribution in [2.45, 2.75) is 284 Å². The van der Waals surface area contributed by atoms with Gasteiger partial charge >= 0.3 is 75.6 Å². The van der Waals surface area contributed by atoms with Crippen LogP contribution in [0.2, 0.25) is 0 Å². The third kappa shape index (κ3) is 38.6. The third-order valence-electron chi connectivity index (χ3n) is 22.9. The zero-order valence-electron chi connectivity index (χ0n) is 87.1. The molecule has 0 saturated carbocycles. The summed E-state index contributed by atoms with van der Waals surface area (Å²) in [4.78, 5) is 113. The van der Waals surface area contributed by atoms with Crippen molar-refractivity contribution in [3.05, 3.63) is 233 Å². The first-order valence-electron chi connectivity index (χ1n) is 45.6. The molecule has 13 heterocycles. The standard InChI is InChI=1S/C30H34N6.C17H22N2O4.C15H18Br2N2.2C15H17Br2N2.C2H6O2.3C2H4O2.CH3F.Br2.3Cu.N3.Na.3H2/c1-9-19-15(5)27-31-23(19)13-24-20(10-2)16(6)29(32-24)36-30-18(8)22(12-4)26(34-30)14-25-21(11-3)17(7)28(33-25)35-27;1-5-10-8(3)14(16(20)21)18-12(10)7-13-11(6-2)9(4)15(19-13)17(22)23;3*1-5-10-8(3)14(16)18-12(10)7-13-11(6-2)9(4)15(17)19-13;4*1-2(3)4;2*1-2;;;;1-3-2;;;;/h13-14H,9-12H2,1-8H3;18-19H,5-7H2,1-4H3,(H,20,21)(H,22,23);7,18H,5-6H2,1-4H3;2*7H,5-6H2,1-4H3;2-4H,1H3;3*1H3,(H,3,4);1H3;;;;;;;3*1H/q-2;;;2*-1;;;;;;;;2*+2;-1;+1;;;/b;;13-7-;2*12-7-;;;;;;;;;;;;;;/i;;;;;;;;;1D;;;;;;;;;. The summed E-state index contributed by atoms with van der Waals surface area (Å²) in [6.07, 6.45) is 16.6. The van der Waals surface area contributed by atoms with E-state index in [4.69, 9.17) is 82.3 Å². The van der Waals surface area contributed by atoms with E-state index in [9.17, 15) is 24.2 Å². The van der Waals surface area contributed by atoms with Crippen molar-refractivity contribution in [3.8, 4) is 0 Å². The maximum atomic E-state index is 11.3. The van der Waals surface area contributed by atoms with Gasteiger partial charge in [0.1, 0.15) is 31.5 Å². The summed E-state index contributed by atoms with van der Waals surface area (Å²) in [5, 5.41) is 56.0. The van der Waals surface area contributed by atoms with Crippen LogP contribution in [-0.4, -0.2) is 128 Å². The number of aliphatic hydroxyl groups excluding tert-OH is 1. The first-order valence-corrected chi connectivity index (χ1v) is 53.4. The summed E-state index contributed by atoms with van der Waals surface area (Å²) in [6, 6.07) is 4.22. The molecule has 8 bridgehead atoms. The van der Waals surface area contributed by atoms with Gasteiger partial charge in [0.15, 0.2) is 0 Å². The second-order valence-electron chi connectivity index (χ2n) is 31.5. The summed E-state index contributed by atoms with van der Waals surface area (Å²) in [6.45, 7) is 54.9. The van der Waals surface area contributed by atoms with Gasteiger partial charge in [0.05, 0.1) is 53.3 Å². The van der Waals surface area contributed by atoms with Crippen LogP contribution >= 0.6 is 124 Å². The van der Waals surface area contributed by atoms with E-state index in [0.29, 0.717) is 6.42 Å². The van der Waals surface area contributed by atoms with E-state index in [1.54, 1.807) is 13.8 Å². The number of H-pyrrole nitrogens is 3. The molecule has 0 saturated heterocycles. The number of hydrogen-bond donors (Lipinski definition) is 10. The number of hydrogen-bond acceptors (Lipinski definition) is 14. The summed E-state index contributed by atoms with van der Waals surface area (Å²) < 4.78 is 21.3. The Bertz CT molecular complexity index is 5930. The van der Waals surface area contributed by atoms with E-state index in [1.807, 2.05) is 13.8 Å². The van der Waals surface area contributed by atoms with Crippen LogP contribution in [0.3, 0.4) is 0 Å². The fraction of sp³-hybridized carbons (Fsp3) is 0.426. The monoisotopic (exact) mass is 2640 g/mol. The fourth-order valence-electron chi connectivity index (χ4n) is 16.1. The largest absolute Gasteiger partial charge is 2.00 e. The van der Waals surface area contributed by atoms with Gasteiger partial charge in [0, 0.05) is 93.9 Å². The molecule has 793 valence electrons. The van der Waals surface area contributed by atoms with Crippen molar-refractivity contribution in [2.75, 3.05) is 7.15 Å². The first-order chi connectivity index (χ1) is 65.8. The molecule has 0 unspecified atom stereocenters. The number of alkyl halides is 1. The molecule has 5 aliphatic rings. The van der Waals surface area contributed by atoms with Gasteiger partial charge in [-0.05, 0) is 371 Å². The van der Waals surface area contributed by atoms with E-state index in [-0.39, 0.29) is 96.4 Å². The number of nitrogens with one attached hydrogen (secondary N) is 3. The van der Waals surface area contributed by atoms with Crippen molar-refractivity contribution in [2.24, 2.45) is 15.0 Å². The Balaban J connectivity index is -0.000000402. The molecule has 0 atom stereocenters. The minimum absolute atomic E-state index is 0. The molecule has 10 N–H and O–H groups in total. The van der Waals surface area contributed by atoms with Crippen LogP contribution in [0.4, 0.5) is 4.39 Å². The van der Waals surface area contributed by atoms with E-state index in [0.717, 1.165) is 261 Å². The number of aromatic nitrogens is 11. The van der Waals surface area contributed by atoms with Gasteiger partial charge in [0.25, 0.3) is 17.9 Å². The van der Waals surface area contributed by atoms with Gasteiger partial charge in [-0.2, -0.15) is 0 Å². The van der Waals surface area contributed by atoms with E-state index < -0.39 is 43.3 Å². The number of carboxylic acid groups (broad SMARTS) is 5. The number of halogens is 9. The Hall–Kier alpha value is -6.78. The molecule has 0 aliphatic carbocycles. The normalized spacial score (nSPS) is 13.2. The molecule has 29 nitrogen and oxygen atoms in total. The van der Waals surface area contributed by atoms with Gasteiger partial charge in [-0.15, -0.1) is 11.4 Å². The zero-order valence-corrected chi connectivity index (χ0v) is 104. The predicted octanol–water partition coefficient (Wildman–Crippen LogP) is 26.2. The summed E-state index contributed by atoms with van der Waals surface area (Å²) in [5.41, 5.74) is 55.2. The Morgan fingerprint density at radius 3 is 0.951 bits per heavy atom. The van der Waals surface area contributed by atoms with Crippen LogP contribution in [0.1, 0.15) is 334 Å². The molecule has 42 heteroatoms. The number of aromatic amines is 3. The average molecular weight is 2650 g/mol. The van der Waals surface area contributed by atoms with E-state index >= 15 is 0 Å². The minimum Gasteiger partial charge on any atom is -0.651 e. The number of aliphatic imine (C=N–C) groups is 3. The first kappa shape index (κ1) is 138. The molecule has 8 aromatic rings. The Labute approximate surface area is 964 Å². The number of nitrogens with zero attached hydrogens (tertiary/aromatic N) is 14.